The lowest BCUT2D eigenvalue weighted by atomic mass is 10.2. The zero-order valence-electron chi connectivity index (χ0n) is 6.65. The van der Waals surface area contributed by atoms with Crippen molar-refractivity contribution in [1.29, 1.82) is 0 Å². The summed E-state index contributed by atoms with van der Waals surface area (Å²) in [5, 5.41) is 2.22. The minimum absolute atomic E-state index is 0.478. The van der Waals surface area contributed by atoms with Crippen molar-refractivity contribution in [1.82, 2.24) is 0 Å². The highest BCUT2D eigenvalue weighted by Gasteiger charge is 2.00. The molecule has 0 bridgehead atoms. The summed E-state index contributed by atoms with van der Waals surface area (Å²) >= 11 is 4.44. The summed E-state index contributed by atoms with van der Waals surface area (Å²) in [7, 11) is 0. The molecule has 0 amide bonds. The molecule has 0 aliphatic heterocycles. The summed E-state index contributed by atoms with van der Waals surface area (Å²) in [5.41, 5.74) is 3.99. The molecular formula is C8H7N3OS. The minimum Gasteiger partial charge on any atom is -0.323 e. The fraction of sp³-hybridized carbons (Fsp3) is 0. The zero-order valence-corrected chi connectivity index (χ0v) is 7.47. The van der Waals surface area contributed by atoms with Crippen molar-refractivity contribution in [2.75, 3.05) is 5.43 Å². The Bertz CT molecular complexity index is 372. The van der Waals surface area contributed by atoms with Crippen LogP contribution < -0.4 is 11.3 Å². The monoisotopic (exact) mass is 193 g/mol. The predicted molar refractivity (Wildman–Crippen MR) is 54.3 cm³/mol. The second-order valence-corrected chi connectivity index (χ2v) is 2.42. The minimum atomic E-state index is 0.478. The van der Waals surface area contributed by atoms with Crippen LogP contribution in [0.1, 0.15) is 10.4 Å². The third-order valence-electron chi connectivity index (χ3n) is 1.49. The van der Waals surface area contributed by atoms with Gasteiger partial charge in [-0.25, -0.2) is 0 Å². The maximum Gasteiger partial charge on any atom is 0.152 e. The van der Waals surface area contributed by atoms with E-state index in [2.05, 4.69) is 27.8 Å². The molecule has 66 valence electrons. The van der Waals surface area contributed by atoms with Gasteiger partial charge in [-0.05, 0) is 30.4 Å². The summed E-state index contributed by atoms with van der Waals surface area (Å²) < 4.78 is 0. The Morgan fingerprint density at radius 2 is 2.38 bits per heavy atom. The Kier molecular flexibility index (Phi) is 3.28. The Labute approximate surface area is 80.4 Å². The highest BCUT2D eigenvalue weighted by atomic mass is 32.1. The van der Waals surface area contributed by atoms with E-state index in [1.165, 1.54) is 0 Å². The number of carbonyl (C=O) groups excluding carboxylic acids is 1. The maximum absolute atomic E-state index is 10.5. The number of thiocarbonyl (C=S) groups is 1. The van der Waals surface area contributed by atoms with E-state index in [0.717, 1.165) is 0 Å². The maximum atomic E-state index is 10.5. The van der Waals surface area contributed by atoms with Crippen LogP contribution in [0.15, 0.2) is 23.2 Å². The van der Waals surface area contributed by atoms with Crippen LogP contribution in [-0.2, 0) is 0 Å². The summed E-state index contributed by atoms with van der Waals surface area (Å²) in [6, 6.07) is 4.88. The molecule has 1 aromatic rings. The van der Waals surface area contributed by atoms with E-state index in [4.69, 9.17) is 5.84 Å². The van der Waals surface area contributed by atoms with E-state index < -0.39 is 0 Å². The summed E-state index contributed by atoms with van der Waals surface area (Å²) in [5.74, 6) is 5.19. The van der Waals surface area contributed by atoms with Crippen LogP contribution in [0.3, 0.4) is 0 Å². The van der Waals surface area contributed by atoms with Crippen molar-refractivity contribution in [3.8, 4) is 0 Å². The summed E-state index contributed by atoms with van der Waals surface area (Å²) in [4.78, 5) is 14.2. The zero-order chi connectivity index (χ0) is 9.68. The number of nitrogens with two attached hydrogens (primary N) is 1. The van der Waals surface area contributed by atoms with Gasteiger partial charge in [-0.1, -0.05) is 0 Å². The number of hydrazine groups is 1. The highest BCUT2D eigenvalue weighted by Crippen LogP contribution is 2.20. The van der Waals surface area contributed by atoms with Gasteiger partial charge >= 0.3 is 0 Å². The van der Waals surface area contributed by atoms with Crippen molar-refractivity contribution in [3.05, 3.63) is 23.8 Å². The average Bonchev–Trinajstić information content (AvgIpc) is 2.18. The normalized spacial score (nSPS) is 8.69. The van der Waals surface area contributed by atoms with Gasteiger partial charge < -0.3 is 5.43 Å². The van der Waals surface area contributed by atoms with E-state index in [1.54, 1.807) is 18.2 Å². The number of nitrogens with zero attached hydrogens (tertiary/aromatic N) is 1. The molecule has 0 aliphatic rings. The first-order valence-corrected chi connectivity index (χ1v) is 3.86. The number of nitrogens with one attached hydrogen (secondary N) is 1. The number of benzene rings is 1. The highest BCUT2D eigenvalue weighted by molar-refractivity contribution is 7.78. The first-order chi connectivity index (χ1) is 6.31. The number of nitrogen functional groups attached to an aromatic ring is 1. The number of aliphatic imine (C=N–C) groups is 1. The van der Waals surface area contributed by atoms with Crippen LogP contribution in [0.2, 0.25) is 0 Å². The third-order valence-corrected chi connectivity index (χ3v) is 1.59. The lowest BCUT2D eigenvalue weighted by Gasteiger charge is -2.02. The molecule has 13 heavy (non-hydrogen) atoms. The topological polar surface area (TPSA) is 67.5 Å². The summed E-state index contributed by atoms with van der Waals surface area (Å²) in [6.07, 6.45) is 0.708. The number of rotatable bonds is 3. The molecule has 1 aromatic carbocycles. The molecule has 4 nitrogen and oxygen atoms in total. The molecule has 0 aliphatic carbocycles. The van der Waals surface area contributed by atoms with Gasteiger partial charge in [0.05, 0.1) is 16.5 Å². The van der Waals surface area contributed by atoms with Crippen molar-refractivity contribution in [2.24, 2.45) is 10.8 Å². The SMILES string of the molecule is NNc1cc(N=C=S)ccc1C=O. The number of anilines is 1. The second kappa shape index (κ2) is 4.47. The van der Waals surface area contributed by atoms with Crippen molar-refractivity contribution >= 4 is 35.0 Å². The van der Waals surface area contributed by atoms with Crippen LogP contribution in [0.4, 0.5) is 11.4 Å². The number of hydrogen-bond donors (Lipinski definition) is 2. The van der Waals surface area contributed by atoms with Crippen molar-refractivity contribution in [2.45, 2.75) is 0 Å². The number of hydrogen-bond acceptors (Lipinski definition) is 5. The van der Waals surface area contributed by atoms with E-state index in [1.807, 2.05) is 0 Å². The molecule has 0 radical (unpaired) electrons. The molecule has 1 rings (SSSR count). The van der Waals surface area contributed by atoms with Gasteiger partial charge in [0.1, 0.15) is 0 Å². The van der Waals surface area contributed by atoms with Gasteiger partial charge in [0.25, 0.3) is 0 Å². The van der Waals surface area contributed by atoms with Crippen LogP contribution in [-0.4, -0.2) is 11.4 Å². The average molecular weight is 193 g/mol. The first-order valence-electron chi connectivity index (χ1n) is 3.45. The first kappa shape index (κ1) is 9.54. The molecule has 0 saturated heterocycles. The predicted octanol–water partition coefficient (Wildman–Crippen LogP) is 1.52. The second-order valence-electron chi connectivity index (χ2n) is 2.24. The van der Waals surface area contributed by atoms with Crippen LogP contribution in [0, 0.1) is 0 Å². The van der Waals surface area contributed by atoms with Gasteiger partial charge in [0.2, 0.25) is 0 Å². The van der Waals surface area contributed by atoms with E-state index in [-0.39, 0.29) is 0 Å². The third kappa shape index (κ3) is 2.19. The molecule has 3 N–H and O–H groups in total. The van der Waals surface area contributed by atoms with Gasteiger partial charge in [-0.2, -0.15) is 4.99 Å². The fourth-order valence-electron chi connectivity index (χ4n) is 0.894. The van der Waals surface area contributed by atoms with Gasteiger partial charge in [0, 0.05) is 5.56 Å². The molecule has 5 heteroatoms. The van der Waals surface area contributed by atoms with Crippen LogP contribution in [0.5, 0.6) is 0 Å². The molecule has 0 unspecified atom stereocenters. The van der Waals surface area contributed by atoms with Crippen molar-refractivity contribution in [3.63, 3.8) is 0 Å². The van der Waals surface area contributed by atoms with Gasteiger partial charge in [-0.15, -0.1) is 0 Å². The van der Waals surface area contributed by atoms with E-state index in [9.17, 15) is 4.79 Å². The van der Waals surface area contributed by atoms with Gasteiger partial charge in [-0.3, -0.25) is 10.6 Å². The molecular weight excluding hydrogens is 186 g/mol. The van der Waals surface area contributed by atoms with E-state index >= 15 is 0 Å². The van der Waals surface area contributed by atoms with Crippen molar-refractivity contribution < 1.29 is 4.79 Å². The molecule has 0 heterocycles. The lowest BCUT2D eigenvalue weighted by molar-refractivity contribution is 0.112. The number of aldehydes is 1. The Hall–Kier alpha value is -1.55. The molecule has 0 spiro atoms. The van der Waals surface area contributed by atoms with Crippen LogP contribution in [0.25, 0.3) is 0 Å². The fourth-order valence-corrected chi connectivity index (χ4v) is 1.000. The Balaban J connectivity index is 3.19. The lowest BCUT2D eigenvalue weighted by Crippen LogP contribution is -2.08. The molecule has 0 fully saturated rings. The quantitative estimate of drug-likeness (QED) is 0.251. The number of carbonyl (C=O) groups is 1. The molecule has 0 saturated carbocycles. The van der Waals surface area contributed by atoms with Crippen LogP contribution >= 0.6 is 12.2 Å². The Morgan fingerprint density at radius 1 is 1.62 bits per heavy atom. The molecule has 0 atom stereocenters. The smallest absolute Gasteiger partial charge is 0.152 e. The number of isothiocyanates is 1. The van der Waals surface area contributed by atoms with E-state index in [0.29, 0.717) is 23.2 Å². The molecule has 0 aromatic heterocycles. The standard InChI is InChI=1S/C8H7N3OS/c9-11-8-3-7(10-5-13)2-1-6(8)4-12/h1-4,11H,9H2. The van der Waals surface area contributed by atoms with Gasteiger partial charge in [0.15, 0.2) is 6.29 Å². The summed E-state index contributed by atoms with van der Waals surface area (Å²) in [6.45, 7) is 0. The largest absolute Gasteiger partial charge is 0.323 e. The Morgan fingerprint density at radius 3 is 2.92 bits per heavy atom.